The van der Waals surface area contributed by atoms with Crippen molar-refractivity contribution in [3.8, 4) is 5.69 Å². The number of amides is 1. The third-order valence-electron chi connectivity index (χ3n) is 7.32. The summed E-state index contributed by atoms with van der Waals surface area (Å²) >= 11 is 0. The number of benzene rings is 2. The summed E-state index contributed by atoms with van der Waals surface area (Å²) in [5.74, 6) is 0.00355. The number of anilines is 1. The van der Waals surface area contributed by atoms with Crippen LogP contribution in [0.4, 0.5) is 10.1 Å². The van der Waals surface area contributed by atoms with Gasteiger partial charge in [0.25, 0.3) is 5.91 Å². The van der Waals surface area contributed by atoms with Gasteiger partial charge in [0.15, 0.2) is 0 Å². The minimum Gasteiger partial charge on any atom is -0.368 e. The molecular formula is C27H32FN5O. The van der Waals surface area contributed by atoms with Crippen LogP contribution in [0.25, 0.3) is 5.69 Å². The fraction of sp³-hybridized carbons (Fsp3) is 0.407. The first-order valence-corrected chi connectivity index (χ1v) is 12.2. The molecule has 2 fully saturated rings. The van der Waals surface area contributed by atoms with Crippen LogP contribution in [0.15, 0.2) is 48.7 Å². The Balaban J connectivity index is 1.39. The summed E-state index contributed by atoms with van der Waals surface area (Å²) < 4.78 is 15.4. The zero-order chi connectivity index (χ0) is 23.7. The molecule has 34 heavy (non-hydrogen) atoms. The topological polar surface area (TPSA) is 53.4 Å². The highest BCUT2D eigenvalue weighted by atomic mass is 19.1. The van der Waals surface area contributed by atoms with Gasteiger partial charge in [-0.3, -0.25) is 4.79 Å². The molecule has 178 valence electrons. The number of hydrogen-bond acceptors (Lipinski definition) is 4. The van der Waals surface area contributed by atoms with Gasteiger partial charge in [-0.15, -0.1) is 0 Å². The summed E-state index contributed by atoms with van der Waals surface area (Å²) in [6.07, 6.45) is 3.61. The molecule has 2 aromatic carbocycles. The molecule has 3 heterocycles. The van der Waals surface area contributed by atoms with E-state index in [-0.39, 0.29) is 17.6 Å². The Kier molecular flexibility index (Phi) is 6.37. The molecule has 1 aromatic heterocycles. The van der Waals surface area contributed by atoms with Crippen molar-refractivity contribution in [1.82, 2.24) is 20.0 Å². The van der Waals surface area contributed by atoms with Crippen LogP contribution in [-0.4, -0.2) is 59.9 Å². The van der Waals surface area contributed by atoms with E-state index in [0.717, 1.165) is 50.4 Å². The van der Waals surface area contributed by atoms with Gasteiger partial charge >= 0.3 is 0 Å². The van der Waals surface area contributed by atoms with Crippen LogP contribution >= 0.6 is 0 Å². The van der Waals surface area contributed by atoms with Crippen LogP contribution in [0, 0.1) is 19.7 Å². The van der Waals surface area contributed by atoms with E-state index in [1.54, 1.807) is 18.3 Å². The normalized spacial score (nSPS) is 17.3. The Labute approximate surface area is 200 Å². The van der Waals surface area contributed by atoms with Crippen LogP contribution in [0.5, 0.6) is 0 Å². The quantitative estimate of drug-likeness (QED) is 0.637. The van der Waals surface area contributed by atoms with Crippen molar-refractivity contribution in [2.24, 2.45) is 0 Å². The maximum atomic E-state index is 13.7. The van der Waals surface area contributed by atoms with Crippen molar-refractivity contribution >= 4 is 11.6 Å². The van der Waals surface area contributed by atoms with Gasteiger partial charge in [-0.1, -0.05) is 12.1 Å². The monoisotopic (exact) mass is 461 g/mol. The van der Waals surface area contributed by atoms with Gasteiger partial charge in [0.2, 0.25) is 0 Å². The highest BCUT2D eigenvalue weighted by Crippen LogP contribution is 2.31. The lowest BCUT2D eigenvalue weighted by molar-refractivity contribution is 0.0744. The van der Waals surface area contributed by atoms with Crippen molar-refractivity contribution in [3.05, 3.63) is 76.9 Å². The van der Waals surface area contributed by atoms with Gasteiger partial charge < -0.3 is 15.1 Å². The SMILES string of the molecule is Cc1cccc(N2CCN(C(=O)c3cnn(-c4ccc(F)cc4)c3C3CCNCC3)CC2)c1C. The van der Waals surface area contributed by atoms with Crippen molar-refractivity contribution < 1.29 is 9.18 Å². The highest BCUT2D eigenvalue weighted by Gasteiger charge is 2.31. The summed E-state index contributed by atoms with van der Waals surface area (Å²) in [7, 11) is 0. The molecule has 2 aliphatic rings. The van der Waals surface area contributed by atoms with Crippen LogP contribution in [0.1, 0.15) is 45.9 Å². The predicted octanol–water partition coefficient (Wildman–Crippen LogP) is 4.06. The lowest BCUT2D eigenvalue weighted by Crippen LogP contribution is -2.49. The summed E-state index contributed by atoms with van der Waals surface area (Å²) in [4.78, 5) is 18.0. The third kappa shape index (κ3) is 4.32. The van der Waals surface area contributed by atoms with E-state index in [1.807, 2.05) is 9.58 Å². The van der Waals surface area contributed by atoms with E-state index in [2.05, 4.69) is 47.4 Å². The Morgan fingerprint density at radius 2 is 1.71 bits per heavy atom. The maximum absolute atomic E-state index is 13.7. The summed E-state index contributed by atoms with van der Waals surface area (Å²) in [6, 6.07) is 12.7. The van der Waals surface area contributed by atoms with Crippen LogP contribution < -0.4 is 10.2 Å². The molecule has 7 heteroatoms. The number of piperidine rings is 1. The Hall–Kier alpha value is -3.19. The number of nitrogens with zero attached hydrogens (tertiary/aromatic N) is 4. The maximum Gasteiger partial charge on any atom is 0.257 e. The molecule has 0 bridgehead atoms. The molecule has 5 rings (SSSR count). The number of rotatable bonds is 4. The van der Waals surface area contributed by atoms with E-state index in [1.165, 1.54) is 28.9 Å². The number of aryl methyl sites for hydroxylation is 1. The molecule has 2 saturated heterocycles. The average molecular weight is 462 g/mol. The number of piperazine rings is 1. The van der Waals surface area contributed by atoms with Crippen LogP contribution in [0.3, 0.4) is 0 Å². The Bertz CT molecular complexity index is 1160. The highest BCUT2D eigenvalue weighted by molar-refractivity contribution is 5.95. The smallest absolute Gasteiger partial charge is 0.257 e. The van der Waals surface area contributed by atoms with Crippen LogP contribution in [0.2, 0.25) is 0 Å². The van der Waals surface area contributed by atoms with Gasteiger partial charge in [0.05, 0.1) is 23.1 Å². The minimum atomic E-state index is -0.280. The minimum absolute atomic E-state index is 0.0440. The second-order valence-corrected chi connectivity index (χ2v) is 9.35. The average Bonchev–Trinajstić information content (AvgIpc) is 3.31. The molecular weight excluding hydrogens is 429 g/mol. The van der Waals surface area contributed by atoms with E-state index < -0.39 is 0 Å². The number of halogens is 1. The second-order valence-electron chi connectivity index (χ2n) is 9.35. The van der Waals surface area contributed by atoms with Crippen molar-refractivity contribution in [3.63, 3.8) is 0 Å². The first-order chi connectivity index (χ1) is 16.5. The third-order valence-corrected chi connectivity index (χ3v) is 7.32. The molecule has 6 nitrogen and oxygen atoms in total. The van der Waals surface area contributed by atoms with E-state index in [0.29, 0.717) is 18.7 Å². The second kappa shape index (κ2) is 9.58. The van der Waals surface area contributed by atoms with Gasteiger partial charge in [-0.2, -0.15) is 5.10 Å². The van der Waals surface area contributed by atoms with Crippen molar-refractivity contribution in [2.45, 2.75) is 32.6 Å². The van der Waals surface area contributed by atoms with E-state index in [9.17, 15) is 9.18 Å². The van der Waals surface area contributed by atoms with Gasteiger partial charge in [-0.05, 0) is 81.2 Å². The Morgan fingerprint density at radius 3 is 2.41 bits per heavy atom. The molecule has 0 unspecified atom stereocenters. The molecule has 0 radical (unpaired) electrons. The number of carbonyl (C=O) groups is 1. The van der Waals surface area contributed by atoms with E-state index >= 15 is 0 Å². The summed E-state index contributed by atoms with van der Waals surface area (Å²) in [5, 5.41) is 8.01. The van der Waals surface area contributed by atoms with Crippen LogP contribution in [-0.2, 0) is 0 Å². The number of hydrogen-bond donors (Lipinski definition) is 1. The zero-order valence-electron chi connectivity index (χ0n) is 19.9. The lowest BCUT2D eigenvalue weighted by atomic mass is 9.91. The van der Waals surface area contributed by atoms with E-state index in [4.69, 9.17) is 0 Å². The molecule has 3 aromatic rings. The molecule has 0 saturated carbocycles. The molecule has 0 atom stereocenters. The summed E-state index contributed by atoms with van der Waals surface area (Å²) in [5.41, 5.74) is 6.26. The van der Waals surface area contributed by atoms with Crippen molar-refractivity contribution in [2.75, 3.05) is 44.2 Å². The molecule has 0 aliphatic carbocycles. The largest absolute Gasteiger partial charge is 0.368 e. The number of nitrogens with one attached hydrogen (secondary N) is 1. The van der Waals surface area contributed by atoms with Gasteiger partial charge in [-0.25, -0.2) is 9.07 Å². The number of aromatic nitrogens is 2. The van der Waals surface area contributed by atoms with Gasteiger partial charge in [0, 0.05) is 37.8 Å². The van der Waals surface area contributed by atoms with Crippen molar-refractivity contribution in [1.29, 1.82) is 0 Å². The number of carbonyl (C=O) groups excluding carboxylic acids is 1. The predicted molar refractivity (Wildman–Crippen MR) is 132 cm³/mol. The Morgan fingerprint density at radius 1 is 1.00 bits per heavy atom. The fourth-order valence-electron chi connectivity index (χ4n) is 5.20. The first-order valence-electron chi connectivity index (χ1n) is 12.2. The zero-order valence-corrected chi connectivity index (χ0v) is 19.9. The molecule has 1 N–H and O–H groups in total. The summed E-state index contributed by atoms with van der Waals surface area (Å²) in [6.45, 7) is 9.12. The lowest BCUT2D eigenvalue weighted by Gasteiger charge is -2.37. The molecule has 1 amide bonds. The fourth-order valence-corrected chi connectivity index (χ4v) is 5.20. The first kappa shape index (κ1) is 22.6. The standard InChI is InChI=1S/C27H32FN5O/c1-19-4-3-5-25(20(19)2)31-14-16-32(17-15-31)27(34)24-18-30-33(23-8-6-22(28)7-9-23)26(24)21-10-12-29-13-11-21/h3-9,18,21,29H,10-17H2,1-2H3. The molecule has 0 spiro atoms. The van der Waals surface area contributed by atoms with Gasteiger partial charge in [0.1, 0.15) is 5.82 Å². The molecule has 2 aliphatic heterocycles.